The molecule has 344 valence electrons. The highest BCUT2D eigenvalue weighted by molar-refractivity contribution is 6.02. The summed E-state index contributed by atoms with van der Waals surface area (Å²) in [6.07, 6.45) is 20.8. The smallest absolute Gasteiger partial charge is 0.339 e. The Kier molecular flexibility index (Phi) is 14.2. The van der Waals surface area contributed by atoms with Gasteiger partial charge in [0.1, 0.15) is 12.1 Å². The summed E-state index contributed by atoms with van der Waals surface area (Å²) in [4.78, 5) is 62.9. The maximum atomic E-state index is 14.6. The number of allylic oxidation sites excluding steroid dienone is 2. The molecule has 3 unspecified atom stereocenters. The van der Waals surface area contributed by atoms with Crippen LogP contribution in [0.3, 0.4) is 0 Å². The van der Waals surface area contributed by atoms with Gasteiger partial charge in [-0.1, -0.05) is 111 Å². The van der Waals surface area contributed by atoms with Crippen molar-refractivity contribution in [3.63, 3.8) is 0 Å². The molecule has 62 heavy (non-hydrogen) atoms. The number of amides is 2. The number of fused-ring (bicyclic) bond motifs is 7. The normalized spacial score (nSPS) is 33.5. The lowest BCUT2D eigenvalue weighted by Crippen LogP contribution is -2.65. The summed E-state index contributed by atoms with van der Waals surface area (Å²) in [5, 5.41) is 24.7. The van der Waals surface area contributed by atoms with Crippen molar-refractivity contribution < 1.29 is 38.9 Å². The summed E-state index contributed by atoms with van der Waals surface area (Å²) in [6, 6.07) is 5.49. The van der Waals surface area contributed by atoms with Crippen molar-refractivity contribution >= 4 is 29.7 Å². The number of benzene rings is 1. The SMILES string of the molecule is C[C@H](NC(=O)CCCCCCCCCCNC(=O)[C@]12CCC(C)(C)CC1C1=CCC3[C@@]4(C)CC[C@H](OC(=O)c5ccccc5C(=O)O)C(C)(C)C4CC[C@@]3(C)[C@]1(C)CC2)C(=O)O. The number of hydrogen-bond acceptors (Lipinski definition) is 6. The van der Waals surface area contributed by atoms with E-state index >= 15 is 0 Å². The fourth-order valence-electron chi connectivity index (χ4n) is 14.1. The van der Waals surface area contributed by atoms with Gasteiger partial charge < -0.3 is 25.6 Å². The molecule has 10 nitrogen and oxygen atoms in total. The topological polar surface area (TPSA) is 159 Å². The van der Waals surface area contributed by atoms with E-state index in [0.29, 0.717) is 24.8 Å². The number of ether oxygens (including phenoxy) is 1. The van der Waals surface area contributed by atoms with E-state index in [1.807, 2.05) is 0 Å². The molecule has 0 saturated heterocycles. The maximum Gasteiger partial charge on any atom is 0.339 e. The Hall–Kier alpha value is -3.69. The number of rotatable bonds is 17. The van der Waals surface area contributed by atoms with Crippen molar-refractivity contribution in [3.8, 4) is 0 Å². The van der Waals surface area contributed by atoms with Crippen LogP contribution in [-0.4, -0.2) is 58.6 Å². The second-order valence-corrected chi connectivity index (χ2v) is 22.4. The summed E-state index contributed by atoms with van der Waals surface area (Å²) >= 11 is 0. The number of aromatic carboxylic acids is 1. The molecule has 0 spiro atoms. The Labute approximate surface area is 371 Å². The molecule has 10 heteroatoms. The van der Waals surface area contributed by atoms with Crippen LogP contribution in [0, 0.1) is 50.2 Å². The van der Waals surface area contributed by atoms with Crippen molar-refractivity contribution in [2.75, 3.05) is 6.54 Å². The minimum Gasteiger partial charge on any atom is -0.480 e. The lowest BCUT2D eigenvalue weighted by molar-refractivity contribution is -0.204. The second-order valence-electron chi connectivity index (χ2n) is 22.4. The van der Waals surface area contributed by atoms with Crippen molar-refractivity contribution in [3.05, 3.63) is 47.0 Å². The zero-order valence-corrected chi connectivity index (χ0v) is 39.3. The highest BCUT2D eigenvalue weighted by Crippen LogP contribution is 2.76. The molecular formula is C52H78N2O8. The van der Waals surface area contributed by atoms with Crippen molar-refractivity contribution in [1.82, 2.24) is 10.6 Å². The van der Waals surface area contributed by atoms with E-state index in [-0.39, 0.29) is 67.5 Å². The lowest BCUT2D eigenvalue weighted by Gasteiger charge is -2.71. The van der Waals surface area contributed by atoms with Gasteiger partial charge in [-0.3, -0.25) is 14.4 Å². The van der Waals surface area contributed by atoms with Crippen LogP contribution >= 0.6 is 0 Å². The highest BCUT2D eigenvalue weighted by atomic mass is 16.5. The predicted molar refractivity (Wildman–Crippen MR) is 241 cm³/mol. The monoisotopic (exact) mass is 859 g/mol. The minimum atomic E-state index is -1.13. The van der Waals surface area contributed by atoms with E-state index in [2.05, 4.69) is 65.2 Å². The maximum absolute atomic E-state index is 14.6. The first-order chi connectivity index (χ1) is 29.1. The Morgan fingerprint density at radius 3 is 2.05 bits per heavy atom. The van der Waals surface area contributed by atoms with Crippen LogP contribution in [0.25, 0.3) is 0 Å². The van der Waals surface area contributed by atoms with Crippen molar-refractivity contribution in [2.24, 2.45) is 50.2 Å². The van der Waals surface area contributed by atoms with E-state index in [9.17, 15) is 29.1 Å². The molecular weight excluding hydrogens is 781 g/mol. The first-order valence-corrected chi connectivity index (χ1v) is 24.2. The van der Waals surface area contributed by atoms with Crippen LogP contribution < -0.4 is 10.6 Å². The van der Waals surface area contributed by atoms with Gasteiger partial charge >= 0.3 is 17.9 Å². The second kappa shape index (κ2) is 18.4. The third-order valence-electron chi connectivity index (χ3n) is 18.0. The number of carbonyl (C=O) groups is 5. The molecule has 4 N–H and O–H groups in total. The largest absolute Gasteiger partial charge is 0.480 e. The van der Waals surface area contributed by atoms with Crippen molar-refractivity contribution in [1.29, 1.82) is 0 Å². The van der Waals surface area contributed by atoms with Crippen LogP contribution in [0.1, 0.15) is 198 Å². The van der Waals surface area contributed by atoms with E-state index in [1.165, 1.54) is 13.0 Å². The minimum absolute atomic E-state index is 0.00883. The van der Waals surface area contributed by atoms with Gasteiger partial charge in [-0.25, -0.2) is 9.59 Å². The Morgan fingerprint density at radius 2 is 1.39 bits per heavy atom. The summed E-state index contributed by atoms with van der Waals surface area (Å²) < 4.78 is 6.27. The van der Waals surface area contributed by atoms with Crippen LogP contribution in [0.4, 0.5) is 0 Å². The zero-order valence-electron chi connectivity index (χ0n) is 39.3. The summed E-state index contributed by atoms with van der Waals surface area (Å²) in [7, 11) is 0. The van der Waals surface area contributed by atoms with E-state index in [0.717, 1.165) is 116 Å². The molecule has 0 heterocycles. The highest BCUT2D eigenvalue weighted by Gasteiger charge is 2.69. The molecule has 0 radical (unpaired) electrons. The zero-order chi connectivity index (χ0) is 45.3. The third kappa shape index (κ3) is 9.01. The Balaban J connectivity index is 1.07. The Morgan fingerprint density at radius 1 is 0.758 bits per heavy atom. The number of esters is 1. The molecule has 0 bridgehead atoms. The van der Waals surface area contributed by atoms with Crippen LogP contribution in [0.5, 0.6) is 0 Å². The lowest BCUT2D eigenvalue weighted by atomic mass is 9.33. The number of carboxylic acids is 2. The molecule has 1 aromatic rings. The van der Waals surface area contributed by atoms with Crippen LogP contribution in [0.2, 0.25) is 0 Å². The quantitative estimate of drug-likeness (QED) is 0.0684. The van der Waals surface area contributed by atoms with Gasteiger partial charge in [-0.05, 0) is 136 Å². The third-order valence-corrected chi connectivity index (χ3v) is 18.0. The molecule has 5 aliphatic rings. The number of nitrogens with one attached hydrogen (secondary N) is 2. The number of carbonyl (C=O) groups excluding carboxylic acids is 3. The van der Waals surface area contributed by atoms with Gasteiger partial charge in [0.15, 0.2) is 0 Å². The molecule has 0 aromatic heterocycles. The Bertz CT molecular complexity index is 1890. The summed E-state index contributed by atoms with van der Waals surface area (Å²) in [5.41, 5.74) is 1.27. The van der Waals surface area contributed by atoms with E-state index in [1.54, 1.807) is 23.8 Å². The average molecular weight is 859 g/mol. The molecule has 5 aliphatic carbocycles. The standard InChI is InChI=1S/C52H78N2O8/c1-34(43(56)57)54-42(55)21-15-13-11-9-10-12-14-18-32-53-46(61)52-30-28-47(2,3)33-38(52)37-22-23-40-49(6)26-25-41(62-45(60)36-20-17-16-19-35(36)44(58)59)48(4,5)39(49)24-27-51(40,8)50(37,7)29-31-52/h16-17,19-20,22,34,38-41H,9-15,18,21,23-33H2,1-8H3,(H,53,61)(H,54,55)(H,56,57)(H,58,59)/t34-,38?,39?,40?,41-,49-,50+,51+,52-/m0/s1. The van der Waals surface area contributed by atoms with Gasteiger partial charge in [-0.15, -0.1) is 0 Å². The fraction of sp³-hybridized carbons (Fsp3) is 0.750. The van der Waals surface area contributed by atoms with Gasteiger partial charge in [-0.2, -0.15) is 0 Å². The fourth-order valence-corrected chi connectivity index (χ4v) is 14.1. The van der Waals surface area contributed by atoms with E-state index in [4.69, 9.17) is 9.84 Å². The molecule has 2 amide bonds. The average Bonchev–Trinajstić information content (AvgIpc) is 3.20. The molecule has 0 aliphatic heterocycles. The number of hydrogen-bond donors (Lipinski definition) is 4. The first kappa shape index (κ1) is 47.8. The van der Waals surface area contributed by atoms with E-state index < -0.39 is 23.9 Å². The van der Waals surface area contributed by atoms with Crippen LogP contribution in [0.15, 0.2) is 35.9 Å². The van der Waals surface area contributed by atoms with Crippen LogP contribution in [-0.2, 0) is 19.1 Å². The first-order valence-electron chi connectivity index (χ1n) is 24.2. The number of unbranched alkanes of at least 4 members (excludes halogenated alkanes) is 7. The van der Waals surface area contributed by atoms with Gasteiger partial charge in [0.05, 0.1) is 16.5 Å². The summed E-state index contributed by atoms with van der Waals surface area (Å²) in [6.45, 7) is 19.2. The molecule has 6 rings (SSSR count). The van der Waals surface area contributed by atoms with Gasteiger partial charge in [0.2, 0.25) is 11.8 Å². The molecule has 9 atom stereocenters. The van der Waals surface area contributed by atoms with Gasteiger partial charge in [0.25, 0.3) is 0 Å². The predicted octanol–water partition coefficient (Wildman–Crippen LogP) is 10.9. The number of aliphatic carboxylic acids is 1. The number of carboxylic acid groups (broad SMARTS) is 2. The molecule has 1 aromatic carbocycles. The summed E-state index contributed by atoms with van der Waals surface area (Å²) in [5.74, 6) is -1.58. The van der Waals surface area contributed by atoms with Gasteiger partial charge in [0, 0.05) is 18.4 Å². The molecule has 4 fully saturated rings. The van der Waals surface area contributed by atoms with Crippen molar-refractivity contribution in [2.45, 2.75) is 190 Å². The molecule has 4 saturated carbocycles.